The van der Waals surface area contributed by atoms with E-state index in [0.29, 0.717) is 29.0 Å². The van der Waals surface area contributed by atoms with Gasteiger partial charge in [0.2, 0.25) is 5.95 Å². The van der Waals surface area contributed by atoms with Gasteiger partial charge < -0.3 is 10.1 Å². The zero-order chi connectivity index (χ0) is 24.1. The summed E-state index contributed by atoms with van der Waals surface area (Å²) in [6.07, 6.45) is 6.59. The van der Waals surface area contributed by atoms with Crippen LogP contribution in [0.4, 0.5) is 11.8 Å². The SMILES string of the molecule is CC(=O)c1c(C)c2cnc(Nc3ccc4c(n3)CCN(C3COC3)C4)nc2n(C2CCCC2)c1=O. The number of aryl methyl sites for hydroxylation is 1. The maximum absolute atomic E-state index is 13.4. The number of pyridine rings is 2. The molecule has 1 saturated carbocycles. The summed E-state index contributed by atoms with van der Waals surface area (Å²) in [7, 11) is 0. The van der Waals surface area contributed by atoms with Crippen LogP contribution in [0.2, 0.25) is 0 Å². The van der Waals surface area contributed by atoms with Gasteiger partial charge in [-0.2, -0.15) is 4.98 Å². The summed E-state index contributed by atoms with van der Waals surface area (Å²) in [4.78, 5) is 42.3. The van der Waals surface area contributed by atoms with Crippen LogP contribution in [0.1, 0.15) is 65.8 Å². The minimum Gasteiger partial charge on any atom is -0.378 e. The lowest BCUT2D eigenvalue weighted by Gasteiger charge is -2.39. The summed E-state index contributed by atoms with van der Waals surface area (Å²) in [5.74, 6) is 0.871. The summed E-state index contributed by atoms with van der Waals surface area (Å²) >= 11 is 0. The zero-order valence-corrected chi connectivity index (χ0v) is 20.2. The summed E-state index contributed by atoms with van der Waals surface area (Å²) in [5, 5.41) is 3.99. The molecule has 6 rings (SSSR count). The van der Waals surface area contributed by atoms with E-state index < -0.39 is 0 Å². The lowest BCUT2D eigenvalue weighted by molar-refractivity contribution is -0.0696. The maximum atomic E-state index is 13.4. The summed E-state index contributed by atoms with van der Waals surface area (Å²) < 4.78 is 7.08. The molecule has 3 aliphatic rings. The van der Waals surface area contributed by atoms with Gasteiger partial charge >= 0.3 is 0 Å². The first-order chi connectivity index (χ1) is 17.0. The number of carbonyl (C=O) groups excluding carboxylic acids is 1. The van der Waals surface area contributed by atoms with Gasteiger partial charge in [0.25, 0.3) is 5.56 Å². The molecule has 3 aromatic rings. The molecule has 1 N–H and O–H groups in total. The standard InChI is InChI=1S/C26H30N6O3/c1-15-20-11-27-26(30-24(20)32(18-5-3-4-6-18)25(34)23(15)16(2)33)29-22-8-7-17-12-31(19-13-35-14-19)10-9-21(17)28-22/h7-8,11,18-19H,3-6,9-10,12-14H2,1-2H3,(H,27,28,29,30). The van der Waals surface area contributed by atoms with Gasteiger partial charge in [0, 0.05) is 42.8 Å². The van der Waals surface area contributed by atoms with Crippen molar-refractivity contribution in [1.82, 2.24) is 24.4 Å². The van der Waals surface area contributed by atoms with Crippen molar-refractivity contribution in [2.45, 2.75) is 64.6 Å². The van der Waals surface area contributed by atoms with Crippen molar-refractivity contribution in [3.8, 4) is 0 Å². The number of nitrogens with one attached hydrogen (secondary N) is 1. The topological polar surface area (TPSA) is 102 Å². The Labute approximate surface area is 203 Å². The molecule has 0 spiro atoms. The maximum Gasteiger partial charge on any atom is 0.263 e. The Balaban J connectivity index is 1.34. The second kappa shape index (κ2) is 8.80. The molecule has 0 bridgehead atoms. The molecule has 2 aliphatic heterocycles. The van der Waals surface area contributed by atoms with Crippen LogP contribution < -0.4 is 10.9 Å². The van der Waals surface area contributed by atoms with Crippen molar-refractivity contribution < 1.29 is 9.53 Å². The molecule has 0 atom stereocenters. The predicted molar refractivity (Wildman–Crippen MR) is 132 cm³/mol. The highest BCUT2D eigenvalue weighted by Crippen LogP contribution is 2.32. The molecule has 5 heterocycles. The third-order valence-electron chi connectivity index (χ3n) is 7.70. The van der Waals surface area contributed by atoms with E-state index in [1.54, 1.807) is 17.7 Å². The van der Waals surface area contributed by atoms with Crippen LogP contribution >= 0.6 is 0 Å². The van der Waals surface area contributed by atoms with Gasteiger partial charge in [-0.1, -0.05) is 18.9 Å². The molecule has 0 unspecified atom stereocenters. The average Bonchev–Trinajstić information content (AvgIpc) is 3.32. The smallest absolute Gasteiger partial charge is 0.263 e. The molecular weight excluding hydrogens is 444 g/mol. The molecule has 9 nitrogen and oxygen atoms in total. The van der Waals surface area contributed by atoms with E-state index in [4.69, 9.17) is 14.7 Å². The Hall–Kier alpha value is -3.17. The second-order valence-electron chi connectivity index (χ2n) is 9.94. The van der Waals surface area contributed by atoms with Crippen LogP contribution in [0, 0.1) is 6.92 Å². The van der Waals surface area contributed by atoms with E-state index in [9.17, 15) is 9.59 Å². The number of aromatic nitrogens is 4. The van der Waals surface area contributed by atoms with E-state index in [0.717, 1.165) is 69.5 Å². The number of hydrogen-bond donors (Lipinski definition) is 1. The molecule has 3 aromatic heterocycles. The van der Waals surface area contributed by atoms with Crippen molar-refractivity contribution in [3.05, 3.63) is 51.1 Å². The van der Waals surface area contributed by atoms with Crippen LogP contribution in [0.25, 0.3) is 11.0 Å². The molecule has 1 aliphatic carbocycles. The fraction of sp³-hybridized carbons (Fsp3) is 0.500. The van der Waals surface area contributed by atoms with Crippen LogP contribution in [0.5, 0.6) is 0 Å². The van der Waals surface area contributed by atoms with E-state index in [1.807, 2.05) is 6.07 Å². The quantitative estimate of drug-likeness (QED) is 0.562. The molecule has 0 radical (unpaired) electrons. The van der Waals surface area contributed by atoms with E-state index >= 15 is 0 Å². The molecule has 182 valence electrons. The molecule has 0 amide bonds. The molecule has 0 aromatic carbocycles. The Morgan fingerprint density at radius 3 is 2.66 bits per heavy atom. The van der Waals surface area contributed by atoms with Crippen LogP contribution in [0.3, 0.4) is 0 Å². The van der Waals surface area contributed by atoms with E-state index in [1.165, 1.54) is 12.5 Å². The van der Waals surface area contributed by atoms with Crippen LogP contribution in [0.15, 0.2) is 23.1 Å². The van der Waals surface area contributed by atoms with Gasteiger partial charge in [0.05, 0.1) is 24.8 Å². The summed E-state index contributed by atoms with van der Waals surface area (Å²) in [5.41, 5.74) is 3.57. The van der Waals surface area contributed by atoms with Crippen molar-refractivity contribution in [2.24, 2.45) is 0 Å². The first kappa shape index (κ1) is 22.3. The third-order valence-corrected chi connectivity index (χ3v) is 7.70. The Kier molecular flexibility index (Phi) is 5.61. The molecule has 1 saturated heterocycles. The van der Waals surface area contributed by atoms with Gasteiger partial charge in [-0.25, -0.2) is 9.97 Å². The number of anilines is 2. The number of ketones is 1. The first-order valence-corrected chi connectivity index (χ1v) is 12.5. The Morgan fingerprint density at radius 2 is 1.94 bits per heavy atom. The summed E-state index contributed by atoms with van der Waals surface area (Å²) in [6.45, 7) is 6.78. The van der Waals surface area contributed by atoms with E-state index in [-0.39, 0.29) is 22.9 Å². The van der Waals surface area contributed by atoms with E-state index in [2.05, 4.69) is 21.3 Å². The fourth-order valence-electron chi connectivity index (χ4n) is 5.68. The van der Waals surface area contributed by atoms with Crippen LogP contribution in [-0.2, 0) is 17.7 Å². The van der Waals surface area contributed by atoms with Crippen molar-refractivity contribution in [1.29, 1.82) is 0 Å². The second-order valence-corrected chi connectivity index (χ2v) is 9.94. The Morgan fingerprint density at radius 1 is 1.14 bits per heavy atom. The monoisotopic (exact) mass is 474 g/mol. The van der Waals surface area contributed by atoms with Crippen molar-refractivity contribution >= 4 is 28.6 Å². The number of Topliss-reactive ketones (excluding diaryl/α,β-unsaturated/α-hetero) is 1. The highest BCUT2D eigenvalue weighted by atomic mass is 16.5. The number of fused-ring (bicyclic) bond motifs is 2. The normalized spacial score (nSPS) is 19.0. The lowest BCUT2D eigenvalue weighted by atomic mass is 10.0. The lowest BCUT2D eigenvalue weighted by Crippen LogP contribution is -2.50. The highest BCUT2D eigenvalue weighted by Gasteiger charge is 2.29. The Bertz CT molecular complexity index is 1370. The summed E-state index contributed by atoms with van der Waals surface area (Å²) in [6, 6.07) is 4.66. The number of hydrogen-bond acceptors (Lipinski definition) is 8. The molecule has 35 heavy (non-hydrogen) atoms. The first-order valence-electron chi connectivity index (χ1n) is 12.5. The van der Waals surface area contributed by atoms with Gasteiger partial charge in [-0.15, -0.1) is 0 Å². The zero-order valence-electron chi connectivity index (χ0n) is 20.2. The predicted octanol–water partition coefficient (Wildman–Crippen LogP) is 3.31. The number of ether oxygens (including phenoxy) is 1. The number of carbonyl (C=O) groups is 1. The van der Waals surface area contributed by atoms with Crippen molar-refractivity contribution in [3.63, 3.8) is 0 Å². The highest BCUT2D eigenvalue weighted by molar-refractivity contribution is 5.99. The average molecular weight is 475 g/mol. The van der Waals surface area contributed by atoms with Crippen molar-refractivity contribution in [2.75, 3.05) is 25.1 Å². The number of rotatable bonds is 5. The van der Waals surface area contributed by atoms with Gasteiger partial charge in [-0.3, -0.25) is 19.1 Å². The molecular formula is C26H30N6O3. The van der Waals surface area contributed by atoms with Gasteiger partial charge in [0.1, 0.15) is 11.5 Å². The van der Waals surface area contributed by atoms with Gasteiger partial charge in [-0.05, 0) is 43.9 Å². The van der Waals surface area contributed by atoms with Crippen LogP contribution in [-0.4, -0.2) is 56.0 Å². The fourth-order valence-corrected chi connectivity index (χ4v) is 5.68. The minimum atomic E-state index is -0.243. The largest absolute Gasteiger partial charge is 0.378 e. The third kappa shape index (κ3) is 3.92. The number of nitrogens with zero attached hydrogens (tertiary/aromatic N) is 5. The van der Waals surface area contributed by atoms with Gasteiger partial charge in [0.15, 0.2) is 5.78 Å². The molecule has 2 fully saturated rings. The molecule has 9 heteroatoms. The minimum absolute atomic E-state index is 0.0531.